The predicted octanol–water partition coefficient (Wildman–Crippen LogP) is 1.51. The molecule has 0 bridgehead atoms. The predicted molar refractivity (Wildman–Crippen MR) is 69.7 cm³/mol. The van der Waals surface area contributed by atoms with Gasteiger partial charge in [0.1, 0.15) is 6.10 Å². The molecule has 2 saturated heterocycles. The van der Waals surface area contributed by atoms with Crippen molar-refractivity contribution in [1.29, 1.82) is 0 Å². The van der Waals surface area contributed by atoms with Crippen molar-refractivity contribution in [3.8, 4) is 0 Å². The lowest BCUT2D eigenvalue weighted by Gasteiger charge is -2.34. The number of rotatable bonds is 4. The molecular weight excluding hydrogens is 246 g/mol. The van der Waals surface area contributed by atoms with Crippen molar-refractivity contribution in [2.45, 2.75) is 45.1 Å². The summed E-state index contributed by atoms with van der Waals surface area (Å²) < 4.78 is 5.53. The number of amides is 1. The molecule has 0 saturated carbocycles. The summed E-state index contributed by atoms with van der Waals surface area (Å²) in [6, 6.07) is 0. The maximum Gasteiger partial charge on any atom is 0.303 e. The minimum Gasteiger partial charge on any atom is -0.481 e. The number of aliphatic carboxylic acids is 1. The number of carbonyl (C=O) groups excluding carboxylic acids is 1. The molecule has 0 spiro atoms. The average Bonchev–Trinajstić information content (AvgIpc) is 2.82. The van der Waals surface area contributed by atoms with Crippen molar-refractivity contribution >= 4 is 11.9 Å². The summed E-state index contributed by atoms with van der Waals surface area (Å²) in [5.41, 5.74) is 0. The van der Waals surface area contributed by atoms with Crippen molar-refractivity contribution in [3.05, 3.63) is 0 Å². The zero-order valence-corrected chi connectivity index (χ0v) is 11.5. The Bertz CT molecular complexity index is 344. The third-order valence-electron chi connectivity index (χ3n) is 4.23. The maximum absolute atomic E-state index is 12.4. The van der Waals surface area contributed by atoms with Crippen molar-refractivity contribution in [3.63, 3.8) is 0 Å². The highest BCUT2D eigenvalue weighted by Crippen LogP contribution is 2.26. The van der Waals surface area contributed by atoms with Crippen LogP contribution < -0.4 is 0 Å². The molecule has 2 aliphatic heterocycles. The van der Waals surface area contributed by atoms with Gasteiger partial charge in [0, 0.05) is 26.1 Å². The Morgan fingerprint density at radius 2 is 2.16 bits per heavy atom. The molecule has 0 aromatic heterocycles. The van der Waals surface area contributed by atoms with E-state index >= 15 is 0 Å². The highest BCUT2D eigenvalue weighted by Gasteiger charge is 2.35. The molecule has 2 rings (SSSR count). The van der Waals surface area contributed by atoms with Gasteiger partial charge in [0.2, 0.25) is 0 Å². The van der Waals surface area contributed by atoms with Gasteiger partial charge in [-0.15, -0.1) is 0 Å². The molecule has 0 radical (unpaired) electrons. The number of hydrogen-bond acceptors (Lipinski definition) is 3. The average molecular weight is 269 g/mol. The van der Waals surface area contributed by atoms with Gasteiger partial charge in [-0.2, -0.15) is 0 Å². The molecule has 2 heterocycles. The van der Waals surface area contributed by atoms with E-state index in [4.69, 9.17) is 9.84 Å². The normalized spacial score (nSPS) is 31.4. The van der Waals surface area contributed by atoms with Crippen LogP contribution in [0.15, 0.2) is 0 Å². The number of hydrogen-bond donors (Lipinski definition) is 1. The van der Waals surface area contributed by atoms with Gasteiger partial charge >= 0.3 is 5.97 Å². The molecule has 5 heteroatoms. The van der Waals surface area contributed by atoms with Crippen LogP contribution in [0.1, 0.15) is 39.0 Å². The van der Waals surface area contributed by atoms with Gasteiger partial charge in [-0.25, -0.2) is 0 Å². The molecule has 0 aromatic rings. The fourth-order valence-electron chi connectivity index (χ4n) is 3.02. The van der Waals surface area contributed by atoms with Crippen molar-refractivity contribution in [2.24, 2.45) is 11.8 Å². The number of nitrogens with zero attached hydrogens (tertiary/aromatic N) is 1. The Morgan fingerprint density at radius 3 is 2.79 bits per heavy atom. The van der Waals surface area contributed by atoms with Crippen LogP contribution >= 0.6 is 0 Å². The van der Waals surface area contributed by atoms with Crippen LogP contribution in [0.25, 0.3) is 0 Å². The van der Waals surface area contributed by atoms with E-state index in [1.165, 1.54) is 0 Å². The largest absolute Gasteiger partial charge is 0.481 e. The van der Waals surface area contributed by atoms with Gasteiger partial charge in [-0.3, -0.25) is 9.59 Å². The Kier molecular flexibility index (Phi) is 4.80. The number of carboxylic acids is 1. The summed E-state index contributed by atoms with van der Waals surface area (Å²) >= 11 is 0. The summed E-state index contributed by atoms with van der Waals surface area (Å²) in [6.45, 7) is 4.21. The van der Waals surface area contributed by atoms with Gasteiger partial charge in [-0.1, -0.05) is 6.92 Å². The molecular formula is C14H23NO4. The van der Waals surface area contributed by atoms with E-state index in [1.54, 1.807) is 0 Å². The summed E-state index contributed by atoms with van der Waals surface area (Å²) in [6.07, 6.45) is 3.53. The highest BCUT2D eigenvalue weighted by atomic mass is 16.5. The lowest BCUT2D eigenvalue weighted by molar-refractivity contribution is -0.144. The SMILES string of the molecule is CC1CCOC1C(=O)N1CCCC(CCC(=O)O)C1. The molecule has 1 amide bonds. The highest BCUT2D eigenvalue weighted by molar-refractivity contribution is 5.81. The zero-order valence-electron chi connectivity index (χ0n) is 11.5. The van der Waals surface area contributed by atoms with Gasteiger partial charge in [-0.05, 0) is 37.5 Å². The summed E-state index contributed by atoms with van der Waals surface area (Å²) in [5, 5.41) is 8.73. The Balaban J connectivity index is 1.86. The molecule has 3 unspecified atom stereocenters. The first-order valence-electron chi connectivity index (χ1n) is 7.20. The Morgan fingerprint density at radius 1 is 1.37 bits per heavy atom. The fraction of sp³-hybridized carbons (Fsp3) is 0.857. The summed E-state index contributed by atoms with van der Waals surface area (Å²) in [5.74, 6) is -0.0290. The topological polar surface area (TPSA) is 66.8 Å². The Hall–Kier alpha value is -1.10. The first-order valence-corrected chi connectivity index (χ1v) is 7.20. The van der Waals surface area contributed by atoms with Gasteiger partial charge < -0.3 is 14.7 Å². The molecule has 5 nitrogen and oxygen atoms in total. The van der Waals surface area contributed by atoms with E-state index in [-0.39, 0.29) is 18.4 Å². The second kappa shape index (κ2) is 6.37. The van der Waals surface area contributed by atoms with E-state index in [0.717, 1.165) is 25.8 Å². The number of likely N-dealkylation sites (tertiary alicyclic amines) is 1. The van der Waals surface area contributed by atoms with Crippen molar-refractivity contribution in [2.75, 3.05) is 19.7 Å². The fourth-order valence-corrected chi connectivity index (χ4v) is 3.02. The minimum atomic E-state index is -0.754. The van der Waals surface area contributed by atoms with Gasteiger partial charge in [0.15, 0.2) is 0 Å². The van der Waals surface area contributed by atoms with E-state index in [9.17, 15) is 9.59 Å². The number of carboxylic acid groups (broad SMARTS) is 1. The van der Waals surface area contributed by atoms with Gasteiger partial charge in [0.05, 0.1) is 0 Å². The van der Waals surface area contributed by atoms with Crippen LogP contribution in [0.5, 0.6) is 0 Å². The minimum absolute atomic E-state index is 0.102. The van der Waals surface area contributed by atoms with Crippen molar-refractivity contribution < 1.29 is 19.4 Å². The quantitative estimate of drug-likeness (QED) is 0.840. The van der Waals surface area contributed by atoms with Crippen LogP contribution in [0, 0.1) is 11.8 Å². The number of carbonyl (C=O) groups is 2. The van der Waals surface area contributed by atoms with Crippen LogP contribution in [0.4, 0.5) is 0 Å². The summed E-state index contributed by atoms with van der Waals surface area (Å²) in [4.78, 5) is 24.9. The molecule has 108 valence electrons. The van der Waals surface area contributed by atoms with Gasteiger partial charge in [0.25, 0.3) is 5.91 Å². The molecule has 2 aliphatic rings. The maximum atomic E-state index is 12.4. The van der Waals surface area contributed by atoms with Crippen LogP contribution in [0.3, 0.4) is 0 Å². The van der Waals surface area contributed by atoms with E-state index < -0.39 is 5.97 Å². The van der Waals surface area contributed by atoms with Crippen LogP contribution in [0.2, 0.25) is 0 Å². The molecule has 0 aliphatic carbocycles. The monoisotopic (exact) mass is 269 g/mol. The number of piperidine rings is 1. The molecule has 0 aromatic carbocycles. The molecule has 19 heavy (non-hydrogen) atoms. The number of ether oxygens (including phenoxy) is 1. The lowest BCUT2D eigenvalue weighted by atomic mass is 9.92. The van der Waals surface area contributed by atoms with E-state index in [0.29, 0.717) is 31.4 Å². The second-order valence-corrected chi connectivity index (χ2v) is 5.78. The first-order chi connectivity index (χ1) is 9.08. The zero-order chi connectivity index (χ0) is 13.8. The molecule has 1 N–H and O–H groups in total. The van der Waals surface area contributed by atoms with Crippen LogP contribution in [-0.2, 0) is 14.3 Å². The second-order valence-electron chi connectivity index (χ2n) is 5.78. The smallest absolute Gasteiger partial charge is 0.303 e. The third kappa shape index (κ3) is 3.69. The molecule has 2 fully saturated rings. The lowest BCUT2D eigenvalue weighted by Crippen LogP contribution is -2.46. The van der Waals surface area contributed by atoms with E-state index in [1.807, 2.05) is 4.90 Å². The first kappa shape index (κ1) is 14.3. The Labute approximate surface area is 113 Å². The molecule has 3 atom stereocenters. The van der Waals surface area contributed by atoms with E-state index in [2.05, 4.69) is 6.92 Å². The standard InChI is InChI=1S/C14H23NO4/c1-10-6-8-19-13(10)14(18)15-7-2-3-11(9-15)4-5-12(16)17/h10-11,13H,2-9H2,1H3,(H,16,17). The van der Waals surface area contributed by atoms with Crippen molar-refractivity contribution in [1.82, 2.24) is 4.90 Å². The summed E-state index contributed by atoms with van der Waals surface area (Å²) in [7, 11) is 0. The third-order valence-corrected chi connectivity index (χ3v) is 4.23. The van der Waals surface area contributed by atoms with Crippen LogP contribution in [-0.4, -0.2) is 47.7 Å².